The van der Waals surface area contributed by atoms with E-state index in [1.54, 1.807) is 0 Å². The molecule has 2 N–H and O–H groups in total. The highest BCUT2D eigenvalue weighted by molar-refractivity contribution is 5.97. The predicted octanol–water partition coefficient (Wildman–Crippen LogP) is 4.70. The maximum Gasteiger partial charge on any atom is 0.313 e. The van der Waals surface area contributed by atoms with Gasteiger partial charge in [0.2, 0.25) is 5.91 Å². The molecule has 0 bridgehead atoms. The molecule has 0 spiro atoms. The van der Waals surface area contributed by atoms with E-state index in [9.17, 15) is 14.4 Å². The molecule has 1 saturated carbocycles. The Bertz CT molecular complexity index is 957. The van der Waals surface area contributed by atoms with E-state index in [1.165, 1.54) is 0 Å². The Kier molecular flexibility index (Phi) is 7.33. The second kappa shape index (κ2) is 9.98. The number of carbonyl (C=O) groups is 3. The first-order valence-electron chi connectivity index (χ1n) is 11.1. The molecule has 0 heterocycles. The van der Waals surface area contributed by atoms with Gasteiger partial charge in [-0.15, -0.1) is 0 Å². The molecule has 170 valence electrons. The normalized spacial score (nSPS) is 15.1. The van der Waals surface area contributed by atoms with Gasteiger partial charge in [0, 0.05) is 23.2 Å². The first-order chi connectivity index (χ1) is 15.2. The van der Waals surface area contributed by atoms with E-state index in [1.807, 2.05) is 75.4 Å². The van der Waals surface area contributed by atoms with Crippen molar-refractivity contribution >= 4 is 23.5 Å². The zero-order valence-electron chi connectivity index (χ0n) is 19.1. The van der Waals surface area contributed by atoms with Gasteiger partial charge in [-0.1, -0.05) is 61.4 Å². The smallest absolute Gasteiger partial charge is 0.313 e. The zero-order chi connectivity index (χ0) is 23.2. The van der Waals surface area contributed by atoms with E-state index in [4.69, 9.17) is 4.74 Å². The summed E-state index contributed by atoms with van der Waals surface area (Å²) in [5.74, 6) is -1.04. The monoisotopic (exact) mass is 436 g/mol. The van der Waals surface area contributed by atoms with Crippen LogP contribution in [-0.2, 0) is 19.1 Å². The summed E-state index contributed by atoms with van der Waals surface area (Å²) in [4.78, 5) is 38.0. The maximum atomic E-state index is 12.9. The Morgan fingerprint density at radius 2 is 1.53 bits per heavy atom. The second-order valence-electron chi connectivity index (χ2n) is 9.50. The van der Waals surface area contributed by atoms with Crippen molar-refractivity contribution in [3.05, 3.63) is 54.6 Å². The molecular formula is C26H32N2O4. The molecule has 0 radical (unpaired) electrons. The summed E-state index contributed by atoms with van der Waals surface area (Å²) in [5.41, 5.74) is 1.30. The van der Waals surface area contributed by atoms with Gasteiger partial charge in [-0.2, -0.15) is 0 Å². The second-order valence-corrected chi connectivity index (χ2v) is 9.50. The number of ether oxygens (including phenoxy) is 1. The highest BCUT2D eigenvalue weighted by Gasteiger charge is 2.44. The fraction of sp³-hybridized carbons (Fsp3) is 0.423. The number of amides is 2. The molecule has 6 nitrogen and oxygen atoms in total. The van der Waals surface area contributed by atoms with Crippen LogP contribution < -0.4 is 10.6 Å². The fourth-order valence-electron chi connectivity index (χ4n) is 4.21. The van der Waals surface area contributed by atoms with E-state index >= 15 is 0 Å². The molecule has 3 rings (SSSR count). The van der Waals surface area contributed by atoms with Gasteiger partial charge in [0.15, 0.2) is 6.61 Å². The van der Waals surface area contributed by atoms with Crippen molar-refractivity contribution in [1.29, 1.82) is 0 Å². The lowest BCUT2D eigenvalue weighted by Crippen LogP contribution is -2.44. The van der Waals surface area contributed by atoms with E-state index in [-0.39, 0.29) is 24.5 Å². The van der Waals surface area contributed by atoms with Gasteiger partial charge in [0.25, 0.3) is 5.91 Å². The van der Waals surface area contributed by atoms with Crippen molar-refractivity contribution in [2.75, 3.05) is 11.9 Å². The van der Waals surface area contributed by atoms with Gasteiger partial charge >= 0.3 is 5.97 Å². The van der Waals surface area contributed by atoms with Crippen LogP contribution in [0.25, 0.3) is 11.1 Å². The standard InChI is InChI=1S/C26H32N2O4/c1-25(2,3)28-22(29)17-26(15-9-10-16-26)24(31)32-18-23(30)27-21-14-8-7-13-20(21)19-11-5-4-6-12-19/h4-8,11-14H,9-10,15-18H2,1-3H3,(H,27,30)(H,28,29). The maximum absolute atomic E-state index is 12.9. The van der Waals surface area contributed by atoms with E-state index < -0.39 is 17.3 Å². The predicted molar refractivity (Wildman–Crippen MR) is 125 cm³/mol. The lowest BCUT2D eigenvalue weighted by atomic mass is 9.82. The number of rotatable bonds is 7. The van der Waals surface area contributed by atoms with Crippen LogP contribution in [0.15, 0.2) is 54.6 Å². The van der Waals surface area contributed by atoms with Crippen LogP contribution in [-0.4, -0.2) is 29.9 Å². The molecule has 6 heteroatoms. The van der Waals surface area contributed by atoms with Crippen molar-refractivity contribution in [2.45, 2.75) is 58.4 Å². The van der Waals surface area contributed by atoms with Crippen LogP contribution in [0.5, 0.6) is 0 Å². The molecule has 1 fully saturated rings. The van der Waals surface area contributed by atoms with Crippen molar-refractivity contribution in [2.24, 2.45) is 5.41 Å². The zero-order valence-corrected chi connectivity index (χ0v) is 19.1. The average Bonchev–Trinajstić information content (AvgIpc) is 3.21. The molecule has 0 saturated heterocycles. The first kappa shape index (κ1) is 23.5. The summed E-state index contributed by atoms with van der Waals surface area (Å²) in [6, 6.07) is 17.2. The van der Waals surface area contributed by atoms with Crippen molar-refractivity contribution in [3.63, 3.8) is 0 Å². The molecule has 1 aliphatic carbocycles. The molecule has 2 aromatic carbocycles. The number of nitrogens with one attached hydrogen (secondary N) is 2. The topological polar surface area (TPSA) is 84.5 Å². The Morgan fingerprint density at radius 1 is 0.906 bits per heavy atom. The molecular weight excluding hydrogens is 404 g/mol. The number of benzene rings is 2. The lowest BCUT2D eigenvalue weighted by Gasteiger charge is -2.28. The van der Waals surface area contributed by atoms with Crippen LogP contribution >= 0.6 is 0 Å². The first-order valence-corrected chi connectivity index (χ1v) is 11.1. The SMILES string of the molecule is CC(C)(C)NC(=O)CC1(C(=O)OCC(=O)Nc2ccccc2-c2ccccc2)CCCC1. The third-order valence-electron chi connectivity index (χ3n) is 5.63. The highest BCUT2D eigenvalue weighted by Crippen LogP contribution is 2.42. The quantitative estimate of drug-likeness (QED) is 0.616. The van der Waals surface area contributed by atoms with Crippen LogP contribution in [0.4, 0.5) is 5.69 Å². The molecule has 0 unspecified atom stereocenters. The number of para-hydroxylation sites is 1. The molecule has 1 aliphatic rings. The minimum absolute atomic E-state index is 0.0849. The molecule has 0 atom stereocenters. The van der Waals surface area contributed by atoms with Crippen molar-refractivity contribution < 1.29 is 19.1 Å². The van der Waals surface area contributed by atoms with Gasteiger partial charge in [0.1, 0.15) is 0 Å². The van der Waals surface area contributed by atoms with Crippen LogP contribution in [0, 0.1) is 5.41 Å². The third kappa shape index (κ3) is 6.19. The lowest BCUT2D eigenvalue weighted by molar-refractivity contribution is -0.160. The number of carbonyl (C=O) groups excluding carboxylic acids is 3. The van der Waals surface area contributed by atoms with E-state index in [0.717, 1.165) is 24.0 Å². The Hall–Kier alpha value is -3.15. The Labute approximate surface area is 189 Å². The molecule has 2 aromatic rings. The van der Waals surface area contributed by atoms with Crippen molar-refractivity contribution in [1.82, 2.24) is 5.32 Å². The highest BCUT2D eigenvalue weighted by atomic mass is 16.5. The van der Waals surface area contributed by atoms with Gasteiger partial charge in [-0.3, -0.25) is 14.4 Å². The largest absolute Gasteiger partial charge is 0.455 e. The van der Waals surface area contributed by atoms with Gasteiger partial charge < -0.3 is 15.4 Å². The summed E-state index contributed by atoms with van der Waals surface area (Å²) < 4.78 is 5.41. The summed E-state index contributed by atoms with van der Waals surface area (Å²) in [7, 11) is 0. The minimum Gasteiger partial charge on any atom is -0.455 e. The average molecular weight is 437 g/mol. The van der Waals surface area contributed by atoms with Crippen molar-refractivity contribution in [3.8, 4) is 11.1 Å². The fourth-order valence-corrected chi connectivity index (χ4v) is 4.21. The Morgan fingerprint density at radius 3 is 2.19 bits per heavy atom. The summed E-state index contributed by atoms with van der Waals surface area (Å²) in [6.07, 6.45) is 3.02. The Balaban J connectivity index is 1.62. The molecule has 2 amide bonds. The number of esters is 1. The summed E-state index contributed by atoms with van der Waals surface area (Å²) >= 11 is 0. The number of anilines is 1. The van der Waals surface area contributed by atoms with E-state index in [0.29, 0.717) is 18.5 Å². The van der Waals surface area contributed by atoms with Crippen LogP contribution in [0.1, 0.15) is 52.9 Å². The molecule has 0 aromatic heterocycles. The van der Waals surface area contributed by atoms with Crippen LogP contribution in [0.3, 0.4) is 0 Å². The minimum atomic E-state index is -0.850. The van der Waals surface area contributed by atoms with Gasteiger partial charge in [-0.05, 0) is 45.2 Å². The van der Waals surface area contributed by atoms with E-state index in [2.05, 4.69) is 10.6 Å². The number of hydrogen-bond acceptors (Lipinski definition) is 4. The molecule has 32 heavy (non-hydrogen) atoms. The van der Waals surface area contributed by atoms with Gasteiger partial charge in [0.05, 0.1) is 5.41 Å². The van der Waals surface area contributed by atoms with Gasteiger partial charge in [-0.25, -0.2) is 0 Å². The number of hydrogen-bond donors (Lipinski definition) is 2. The third-order valence-corrected chi connectivity index (χ3v) is 5.63. The summed E-state index contributed by atoms with van der Waals surface area (Å²) in [6.45, 7) is 5.33. The summed E-state index contributed by atoms with van der Waals surface area (Å²) in [5, 5.41) is 5.76. The molecule has 0 aliphatic heterocycles. The van der Waals surface area contributed by atoms with Crippen LogP contribution in [0.2, 0.25) is 0 Å².